The number of anilines is 1. The van der Waals surface area contributed by atoms with Crippen molar-refractivity contribution in [2.75, 3.05) is 5.32 Å². The molecule has 1 amide bonds. The molecule has 0 atom stereocenters. The summed E-state index contributed by atoms with van der Waals surface area (Å²) in [7, 11) is 0. The van der Waals surface area contributed by atoms with Gasteiger partial charge in [0.25, 0.3) is 5.91 Å². The zero-order valence-corrected chi connectivity index (χ0v) is 13.0. The number of nitrogens with zero attached hydrogens (tertiary/aromatic N) is 4. The maximum Gasteiger partial charge on any atom is 0.262 e. The van der Waals surface area contributed by atoms with Gasteiger partial charge < -0.3 is 5.32 Å². The first kappa shape index (κ1) is 13.6. The van der Waals surface area contributed by atoms with Crippen molar-refractivity contribution in [1.82, 2.24) is 24.8 Å². The van der Waals surface area contributed by atoms with E-state index in [1.807, 2.05) is 25.1 Å². The van der Waals surface area contributed by atoms with E-state index in [9.17, 15) is 4.79 Å². The zero-order valence-electron chi connectivity index (χ0n) is 12.1. The van der Waals surface area contributed by atoms with Crippen LogP contribution < -0.4 is 5.32 Å². The summed E-state index contributed by atoms with van der Waals surface area (Å²) >= 11 is 1.67. The van der Waals surface area contributed by atoms with E-state index in [1.165, 1.54) is 11.1 Å². The molecule has 7 nitrogen and oxygen atoms in total. The number of nitrogens with one attached hydrogen (secondary N) is 2. The van der Waals surface area contributed by atoms with Crippen LogP contribution in [0.1, 0.15) is 15.2 Å². The molecule has 0 aliphatic heterocycles. The van der Waals surface area contributed by atoms with E-state index in [0.29, 0.717) is 17.0 Å². The number of aromatic nitrogens is 5. The van der Waals surface area contributed by atoms with Gasteiger partial charge in [-0.1, -0.05) is 0 Å². The van der Waals surface area contributed by atoms with Crippen molar-refractivity contribution < 1.29 is 4.79 Å². The lowest BCUT2D eigenvalue weighted by Gasteiger charge is -1.98. The van der Waals surface area contributed by atoms with Crippen LogP contribution in [-0.4, -0.2) is 30.7 Å². The molecular formula is C15H12N6OS. The van der Waals surface area contributed by atoms with Crippen molar-refractivity contribution in [1.29, 1.82) is 0 Å². The largest absolute Gasteiger partial charge is 0.305 e. The second-order valence-corrected chi connectivity index (χ2v) is 6.27. The molecule has 0 spiro atoms. The maximum absolute atomic E-state index is 12.4. The number of fused-ring (bicyclic) bond motifs is 1. The molecule has 0 unspecified atom stereocenters. The van der Waals surface area contributed by atoms with Crippen molar-refractivity contribution in [3.8, 4) is 10.6 Å². The first-order valence-electron chi connectivity index (χ1n) is 6.92. The quantitative estimate of drug-likeness (QED) is 0.606. The number of thiophene rings is 1. The summed E-state index contributed by atoms with van der Waals surface area (Å²) in [5.74, 6) is 0.172. The molecule has 114 valence electrons. The predicted molar refractivity (Wildman–Crippen MR) is 87.6 cm³/mol. The van der Waals surface area contributed by atoms with Crippen LogP contribution in [0.3, 0.4) is 0 Å². The molecule has 4 heterocycles. The number of aryl methyl sites for hydroxylation is 1. The van der Waals surface area contributed by atoms with Crippen molar-refractivity contribution >= 4 is 28.7 Å². The SMILES string of the molecule is Cc1ccc(-c2cc(NC(=O)c3cnn4cccnc34)n[nH]2)s1. The molecule has 2 N–H and O–H groups in total. The molecule has 4 aromatic heterocycles. The Labute approximate surface area is 135 Å². The number of H-pyrrole nitrogens is 1. The molecule has 23 heavy (non-hydrogen) atoms. The Bertz CT molecular complexity index is 998. The fourth-order valence-corrected chi connectivity index (χ4v) is 3.10. The average molecular weight is 324 g/mol. The van der Waals surface area contributed by atoms with Gasteiger partial charge in [0.2, 0.25) is 0 Å². The smallest absolute Gasteiger partial charge is 0.262 e. The van der Waals surface area contributed by atoms with E-state index < -0.39 is 0 Å². The summed E-state index contributed by atoms with van der Waals surface area (Å²) in [6.45, 7) is 2.05. The van der Waals surface area contributed by atoms with Gasteiger partial charge in [-0.15, -0.1) is 11.3 Å². The van der Waals surface area contributed by atoms with E-state index in [4.69, 9.17) is 0 Å². The minimum absolute atomic E-state index is 0.292. The highest BCUT2D eigenvalue weighted by atomic mass is 32.1. The standard InChI is InChI=1S/C15H12N6OS/c1-9-3-4-12(23-9)11-7-13(20-19-11)18-15(22)10-8-17-21-6-2-5-16-14(10)21/h2-8H,1H3,(H2,18,19,20,22). The topological polar surface area (TPSA) is 88.0 Å². The van der Waals surface area contributed by atoms with Gasteiger partial charge in [0.1, 0.15) is 5.56 Å². The van der Waals surface area contributed by atoms with Crippen molar-refractivity contribution in [3.05, 3.63) is 53.3 Å². The summed E-state index contributed by atoms with van der Waals surface area (Å²) in [4.78, 5) is 18.9. The number of rotatable bonds is 3. The molecule has 0 fully saturated rings. The minimum Gasteiger partial charge on any atom is -0.305 e. The molecular weight excluding hydrogens is 312 g/mol. The molecule has 4 rings (SSSR count). The van der Waals surface area contributed by atoms with Crippen LogP contribution in [0.2, 0.25) is 0 Å². The Morgan fingerprint density at radius 1 is 1.39 bits per heavy atom. The Morgan fingerprint density at radius 2 is 2.30 bits per heavy atom. The second kappa shape index (κ2) is 5.33. The van der Waals surface area contributed by atoms with E-state index in [0.717, 1.165) is 10.6 Å². The molecule has 0 aliphatic rings. The van der Waals surface area contributed by atoms with Crippen LogP contribution in [0.25, 0.3) is 16.2 Å². The van der Waals surface area contributed by atoms with Crippen LogP contribution in [0.5, 0.6) is 0 Å². The van der Waals surface area contributed by atoms with Gasteiger partial charge in [-0.3, -0.25) is 9.89 Å². The number of hydrogen-bond donors (Lipinski definition) is 2. The number of carbonyl (C=O) groups is 1. The highest BCUT2D eigenvalue weighted by molar-refractivity contribution is 7.15. The Balaban J connectivity index is 1.58. The zero-order chi connectivity index (χ0) is 15.8. The third-order valence-electron chi connectivity index (χ3n) is 3.35. The lowest BCUT2D eigenvalue weighted by Crippen LogP contribution is -2.12. The average Bonchev–Trinajstić information content (AvgIpc) is 3.25. The van der Waals surface area contributed by atoms with E-state index >= 15 is 0 Å². The van der Waals surface area contributed by atoms with E-state index in [-0.39, 0.29) is 5.91 Å². The van der Waals surface area contributed by atoms with Gasteiger partial charge in [-0.25, -0.2) is 9.50 Å². The molecule has 0 aromatic carbocycles. The highest BCUT2D eigenvalue weighted by Gasteiger charge is 2.15. The summed E-state index contributed by atoms with van der Waals surface area (Å²) in [6.07, 6.45) is 4.86. The summed E-state index contributed by atoms with van der Waals surface area (Å²) in [5, 5.41) is 13.9. The second-order valence-electron chi connectivity index (χ2n) is 4.98. The highest BCUT2D eigenvalue weighted by Crippen LogP contribution is 2.27. The maximum atomic E-state index is 12.4. The summed E-state index contributed by atoms with van der Waals surface area (Å²) < 4.78 is 1.55. The predicted octanol–water partition coefficient (Wildman–Crippen LogP) is 2.74. The number of amides is 1. The third kappa shape index (κ3) is 2.49. The fourth-order valence-electron chi connectivity index (χ4n) is 2.26. The first-order valence-corrected chi connectivity index (χ1v) is 7.74. The number of aromatic amines is 1. The molecule has 0 saturated heterocycles. The third-order valence-corrected chi connectivity index (χ3v) is 4.38. The van der Waals surface area contributed by atoms with Gasteiger partial charge in [0.05, 0.1) is 16.8 Å². The van der Waals surface area contributed by atoms with Gasteiger partial charge >= 0.3 is 0 Å². The van der Waals surface area contributed by atoms with Crippen LogP contribution in [0.15, 0.2) is 42.9 Å². The van der Waals surface area contributed by atoms with Gasteiger partial charge in [-0.2, -0.15) is 10.2 Å². The van der Waals surface area contributed by atoms with Crippen molar-refractivity contribution in [2.24, 2.45) is 0 Å². The van der Waals surface area contributed by atoms with Crippen molar-refractivity contribution in [2.45, 2.75) is 6.92 Å². The molecule has 0 aliphatic carbocycles. The Kier molecular flexibility index (Phi) is 3.16. The Hall–Kier alpha value is -3.00. The number of carbonyl (C=O) groups excluding carboxylic acids is 1. The van der Waals surface area contributed by atoms with Gasteiger partial charge in [0, 0.05) is 23.3 Å². The monoisotopic (exact) mass is 324 g/mol. The first-order chi connectivity index (χ1) is 11.2. The Morgan fingerprint density at radius 3 is 3.13 bits per heavy atom. The number of hydrogen-bond acceptors (Lipinski definition) is 5. The molecule has 0 saturated carbocycles. The lowest BCUT2D eigenvalue weighted by atomic mass is 10.3. The fraction of sp³-hybridized carbons (Fsp3) is 0.0667. The van der Waals surface area contributed by atoms with E-state index in [2.05, 4.69) is 25.6 Å². The van der Waals surface area contributed by atoms with Crippen LogP contribution in [0.4, 0.5) is 5.82 Å². The van der Waals surface area contributed by atoms with Crippen LogP contribution >= 0.6 is 11.3 Å². The normalized spacial score (nSPS) is 11.0. The molecule has 4 aromatic rings. The summed E-state index contributed by atoms with van der Waals surface area (Å²) in [5.41, 5.74) is 1.79. The van der Waals surface area contributed by atoms with Gasteiger partial charge in [-0.05, 0) is 25.1 Å². The molecule has 0 bridgehead atoms. The molecule has 8 heteroatoms. The van der Waals surface area contributed by atoms with Crippen LogP contribution in [-0.2, 0) is 0 Å². The lowest BCUT2D eigenvalue weighted by molar-refractivity contribution is 0.102. The summed E-state index contributed by atoms with van der Waals surface area (Å²) in [6, 6.07) is 7.63. The van der Waals surface area contributed by atoms with Gasteiger partial charge in [0.15, 0.2) is 11.5 Å². The van der Waals surface area contributed by atoms with Crippen LogP contribution in [0, 0.1) is 6.92 Å². The van der Waals surface area contributed by atoms with Crippen molar-refractivity contribution in [3.63, 3.8) is 0 Å². The van der Waals surface area contributed by atoms with E-state index in [1.54, 1.807) is 34.3 Å². The minimum atomic E-state index is -0.292. The molecule has 0 radical (unpaired) electrons.